The lowest BCUT2D eigenvalue weighted by Gasteiger charge is -2.16. The molecule has 210 valence electrons. The van der Waals surface area contributed by atoms with Gasteiger partial charge in [-0.3, -0.25) is 4.57 Å². The Balaban J connectivity index is 1.38. The van der Waals surface area contributed by atoms with Gasteiger partial charge in [-0.2, -0.15) is 9.97 Å². The molecule has 8 aromatic rings. The molecule has 0 spiro atoms. The Morgan fingerprint density at radius 1 is 0.523 bits per heavy atom. The summed E-state index contributed by atoms with van der Waals surface area (Å²) in [7, 11) is -0.625. The first-order valence-electron chi connectivity index (χ1n) is 15.4. The minimum atomic E-state index is -0.625. The van der Waals surface area contributed by atoms with Crippen molar-refractivity contribution in [2.75, 3.05) is 0 Å². The number of rotatable bonds is 4. The summed E-state index contributed by atoms with van der Waals surface area (Å²) in [5, 5.41) is 8.32. The van der Waals surface area contributed by atoms with E-state index in [4.69, 9.17) is 15.0 Å². The van der Waals surface area contributed by atoms with Crippen LogP contribution in [0.2, 0.25) is 0 Å². The second-order valence-electron chi connectivity index (χ2n) is 11.6. The average molecular weight is 585 g/mol. The van der Waals surface area contributed by atoms with E-state index in [1.54, 1.807) is 0 Å². The summed E-state index contributed by atoms with van der Waals surface area (Å²) in [5.41, 5.74) is 5.97. The summed E-state index contributed by atoms with van der Waals surface area (Å²) in [5.74, 6) is 2.09. The zero-order valence-corrected chi connectivity index (χ0v) is 25.1. The van der Waals surface area contributed by atoms with Crippen LogP contribution in [0, 0.1) is 0 Å². The van der Waals surface area contributed by atoms with Crippen molar-refractivity contribution in [3.63, 3.8) is 0 Å². The van der Waals surface area contributed by atoms with Crippen molar-refractivity contribution in [3.05, 3.63) is 139 Å². The zero-order valence-electron chi connectivity index (χ0n) is 24.2. The van der Waals surface area contributed by atoms with Gasteiger partial charge in [0, 0.05) is 32.4 Å². The number of nitrogens with zero attached hydrogens (tertiary/aromatic N) is 4. The number of fused-ring (bicyclic) bond motifs is 6. The van der Waals surface area contributed by atoms with Crippen molar-refractivity contribution in [1.82, 2.24) is 19.5 Å². The van der Waals surface area contributed by atoms with Gasteiger partial charge in [-0.15, -0.1) is 0 Å². The molecule has 1 aliphatic carbocycles. The lowest BCUT2D eigenvalue weighted by atomic mass is 9.95. The fourth-order valence-corrected chi connectivity index (χ4v) is 9.62. The van der Waals surface area contributed by atoms with Gasteiger partial charge in [0.1, 0.15) is 0 Å². The van der Waals surface area contributed by atoms with Crippen LogP contribution in [-0.4, -0.2) is 19.5 Å². The third-order valence-electron chi connectivity index (χ3n) is 8.97. The van der Waals surface area contributed by atoms with Crippen molar-refractivity contribution >= 4 is 39.4 Å². The van der Waals surface area contributed by atoms with Gasteiger partial charge in [-0.25, -0.2) is 4.98 Å². The molecule has 0 amide bonds. The highest BCUT2D eigenvalue weighted by Gasteiger charge is 2.25. The molecule has 0 N–H and O–H groups in total. The van der Waals surface area contributed by atoms with Crippen LogP contribution in [0.1, 0.15) is 24.1 Å². The number of aromatic nitrogens is 4. The summed E-state index contributed by atoms with van der Waals surface area (Å²) >= 11 is 0. The standard InChI is InChI=1S/C39H29N4P/c1-4-14-26(15-5-1)37-40-38(27-16-6-2-7-17-27)42-39(41-37)43-33-22-12-10-20-29(33)31-25-36-32(24-34(31)43)30-21-11-13-23-35(30)44(36)28-18-8-3-9-19-28/h1-9,11,13-19,21,23-25H,10,12,20,22H2. The summed E-state index contributed by atoms with van der Waals surface area (Å²) in [6.45, 7) is 0. The van der Waals surface area contributed by atoms with Crippen LogP contribution in [0.5, 0.6) is 0 Å². The maximum absolute atomic E-state index is 5.18. The van der Waals surface area contributed by atoms with E-state index < -0.39 is 7.53 Å². The number of benzene rings is 5. The summed E-state index contributed by atoms with van der Waals surface area (Å²) in [6, 6.07) is 45.5. The predicted molar refractivity (Wildman–Crippen MR) is 183 cm³/mol. The molecule has 3 heterocycles. The quantitative estimate of drug-likeness (QED) is 0.207. The fourth-order valence-electron chi connectivity index (χ4n) is 6.98. The summed E-state index contributed by atoms with van der Waals surface area (Å²) in [4.78, 5) is 15.3. The summed E-state index contributed by atoms with van der Waals surface area (Å²) in [6.07, 6.45) is 4.48. The van der Waals surface area contributed by atoms with Crippen LogP contribution < -0.4 is 0 Å². The van der Waals surface area contributed by atoms with Crippen molar-refractivity contribution < 1.29 is 0 Å². The van der Waals surface area contributed by atoms with Crippen molar-refractivity contribution in [2.24, 2.45) is 0 Å². The molecule has 9 rings (SSSR count). The second-order valence-corrected chi connectivity index (χ2v) is 13.7. The lowest BCUT2D eigenvalue weighted by Crippen LogP contribution is -2.11. The molecule has 0 radical (unpaired) electrons. The van der Waals surface area contributed by atoms with E-state index in [2.05, 4.69) is 95.6 Å². The highest BCUT2D eigenvalue weighted by Crippen LogP contribution is 2.56. The van der Waals surface area contributed by atoms with Crippen molar-refractivity contribution in [2.45, 2.75) is 25.7 Å². The van der Waals surface area contributed by atoms with Crippen LogP contribution in [0.4, 0.5) is 0 Å². The molecular formula is C39H29N4P. The van der Waals surface area contributed by atoms with Crippen molar-refractivity contribution in [3.8, 4) is 34.0 Å². The van der Waals surface area contributed by atoms with Crippen LogP contribution in [0.3, 0.4) is 0 Å². The minimum absolute atomic E-state index is 0.625. The van der Waals surface area contributed by atoms with Gasteiger partial charge in [-0.05, 0) is 59.5 Å². The third-order valence-corrected chi connectivity index (χ3v) is 11.5. The lowest BCUT2D eigenvalue weighted by molar-refractivity contribution is 0.661. The highest BCUT2D eigenvalue weighted by atomic mass is 31.1. The van der Waals surface area contributed by atoms with E-state index in [1.165, 1.54) is 61.3 Å². The Kier molecular flexibility index (Phi) is 5.95. The Labute approximate surface area is 256 Å². The smallest absolute Gasteiger partial charge is 0.238 e. The van der Waals surface area contributed by atoms with Crippen molar-refractivity contribution in [1.29, 1.82) is 0 Å². The molecule has 3 aromatic heterocycles. The molecule has 1 unspecified atom stereocenters. The third kappa shape index (κ3) is 4.02. The first-order valence-corrected chi connectivity index (χ1v) is 16.7. The topological polar surface area (TPSA) is 43.6 Å². The maximum atomic E-state index is 5.18. The molecule has 0 saturated heterocycles. The maximum Gasteiger partial charge on any atom is 0.238 e. The number of aryl methyl sites for hydroxylation is 1. The molecule has 4 nitrogen and oxygen atoms in total. The van der Waals surface area contributed by atoms with E-state index in [0.717, 1.165) is 24.0 Å². The molecule has 0 fully saturated rings. The highest BCUT2D eigenvalue weighted by molar-refractivity contribution is 7.67. The zero-order chi connectivity index (χ0) is 29.0. The van der Waals surface area contributed by atoms with Crippen LogP contribution >= 0.6 is 7.53 Å². The van der Waals surface area contributed by atoms with Gasteiger partial charge in [-0.1, -0.05) is 123 Å². The first kappa shape index (κ1) is 25.4. The molecule has 0 aliphatic heterocycles. The first-order chi connectivity index (χ1) is 21.8. The van der Waals surface area contributed by atoms with Gasteiger partial charge >= 0.3 is 0 Å². The largest absolute Gasteiger partial charge is 0.282 e. The molecule has 0 saturated carbocycles. The molecule has 5 heteroatoms. The fraction of sp³-hybridized carbons (Fsp3) is 0.103. The normalized spacial score (nSPS) is 13.5. The Morgan fingerprint density at radius 2 is 1.14 bits per heavy atom. The molecular weight excluding hydrogens is 555 g/mol. The second kappa shape index (κ2) is 10.3. The predicted octanol–water partition coefficient (Wildman–Crippen LogP) is 10.3. The van der Waals surface area contributed by atoms with Gasteiger partial charge in [0.05, 0.1) is 5.52 Å². The van der Waals surface area contributed by atoms with E-state index in [0.29, 0.717) is 17.6 Å². The van der Waals surface area contributed by atoms with E-state index in [1.807, 2.05) is 36.4 Å². The Bertz CT molecular complexity index is 2260. The molecule has 1 atom stereocenters. The molecule has 5 aromatic carbocycles. The molecule has 0 bridgehead atoms. The minimum Gasteiger partial charge on any atom is -0.282 e. The van der Waals surface area contributed by atoms with Crippen LogP contribution in [-0.2, 0) is 12.8 Å². The Morgan fingerprint density at radius 3 is 1.84 bits per heavy atom. The number of hydrogen-bond acceptors (Lipinski definition) is 3. The van der Waals surface area contributed by atoms with E-state index >= 15 is 0 Å². The number of hydrogen-bond donors (Lipinski definition) is 0. The average Bonchev–Trinajstić information content (AvgIpc) is 3.60. The van der Waals surface area contributed by atoms with Gasteiger partial charge in [0.2, 0.25) is 5.95 Å². The SMILES string of the molecule is c1ccc(-c2nc(-c3ccccc3)nc(-n3c4c(c5cc6c(cc53)c3ccccc3p6-c3ccccc3)CCCC4)n2)cc1. The van der Waals surface area contributed by atoms with Gasteiger partial charge < -0.3 is 0 Å². The van der Waals surface area contributed by atoms with Gasteiger partial charge in [0.25, 0.3) is 0 Å². The Hall–Kier alpha value is -5.05. The van der Waals surface area contributed by atoms with Crippen LogP contribution in [0.25, 0.3) is 65.9 Å². The van der Waals surface area contributed by atoms with E-state index in [-0.39, 0.29) is 0 Å². The van der Waals surface area contributed by atoms with Gasteiger partial charge in [0.15, 0.2) is 11.6 Å². The molecule has 1 aliphatic rings. The van der Waals surface area contributed by atoms with Crippen LogP contribution in [0.15, 0.2) is 127 Å². The monoisotopic (exact) mass is 584 g/mol. The summed E-state index contributed by atoms with van der Waals surface area (Å²) < 4.78 is 2.36. The molecule has 44 heavy (non-hydrogen) atoms. The van der Waals surface area contributed by atoms with E-state index in [9.17, 15) is 0 Å².